The first-order valence-electron chi connectivity index (χ1n) is 11.8. The minimum absolute atomic E-state index is 0.234. The molecular weight excluding hydrogens is 450 g/mol. The highest BCUT2D eigenvalue weighted by Gasteiger charge is 2.17. The van der Waals surface area contributed by atoms with Gasteiger partial charge in [0.2, 0.25) is 0 Å². The van der Waals surface area contributed by atoms with Crippen LogP contribution in [0.4, 0.5) is 5.69 Å². The number of para-hydroxylation sites is 1. The molecule has 3 aromatic carbocycles. The summed E-state index contributed by atoms with van der Waals surface area (Å²) in [5, 5.41) is 4.48. The SMILES string of the molecule is Cc1cc(NC(=O)c2cc(-c3ccccc3)nc3ccccc23)c2cc(C(=O)OC(C)C)ccc2n1. The van der Waals surface area contributed by atoms with Crippen LogP contribution in [0.5, 0.6) is 0 Å². The van der Waals surface area contributed by atoms with Crippen LogP contribution in [-0.4, -0.2) is 27.9 Å². The predicted octanol–water partition coefficient (Wildman–Crippen LogP) is 6.58. The van der Waals surface area contributed by atoms with E-state index in [4.69, 9.17) is 9.72 Å². The molecule has 6 heteroatoms. The summed E-state index contributed by atoms with van der Waals surface area (Å²) in [7, 11) is 0. The lowest BCUT2D eigenvalue weighted by atomic mass is 10.0. The number of benzene rings is 3. The molecule has 6 nitrogen and oxygen atoms in total. The number of nitrogens with one attached hydrogen (secondary N) is 1. The summed E-state index contributed by atoms with van der Waals surface area (Å²) in [5.74, 6) is -0.690. The molecule has 36 heavy (non-hydrogen) atoms. The topological polar surface area (TPSA) is 81.2 Å². The third-order valence-corrected chi connectivity index (χ3v) is 5.79. The number of hydrogen-bond acceptors (Lipinski definition) is 5. The quantitative estimate of drug-likeness (QED) is 0.291. The summed E-state index contributed by atoms with van der Waals surface area (Å²) in [6, 6.07) is 26.1. The van der Waals surface area contributed by atoms with Crippen LogP contribution in [-0.2, 0) is 4.74 Å². The van der Waals surface area contributed by atoms with E-state index in [1.807, 2.05) is 67.6 Å². The second-order valence-electron chi connectivity index (χ2n) is 8.89. The standard InChI is InChI=1S/C30H25N3O3/c1-18(2)36-30(35)21-13-14-26-24(16-21)28(15-19(3)31-26)33-29(34)23-17-27(20-9-5-4-6-10-20)32-25-12-8-7-11-22(23)25/h4-18H,1-3H3,(H,31,33,34). The van der Waals surface area contributed by atoms with Crippen LogP contribution in [0.15, 0.2) is 84.9 Å². The van der Waals surface area contributed by atoms with Gasteiger partial charge in [-0.3, -0.25) is 9.78 Å². The summed E-state index contributed by atoms with van der Waals surface area (Å²) in [6.07, 6.45) is -0.234. The summed E-state index contributed by atoms with van der Waals surface area (Å²) >= 11 is 0. The predicted molar refractivity (Wildman–Crippen MR) is 142 cm³/mol. The van der Waals surface area contributed by atoms with Gasteiger partial charge in [-0.2, -0.15) is 0 Å². The maximum absolute atomic E-state index is 13.7. The summed E-state index contributed by atoms with van der Waals surface area (Å²) in [5.41, 5.74) is 5.29. The monoisotopic (exact) mass is 475 g/mol. The van der Waals surface area contributed by atoms with Crippen LogP contribution >= 0.6 is 0 Å². The van der Waals surface area contributed by atoms with Crippen LogP contribution in [0.25, 0.3) is 33.1 Å². The molecule has 0 bridgehead atoms. The van der Waals surface area contributed by atoms with Crippen molar-refractivity contribution in [2.45, 2.75) is 26.9 Å². The molecule has 0 radical (unpaired) electrons. The van der Waals surface area contributed by atoms with Gasteiger partial charge in [-0.25, -0.2) is 9.78 Å². The van der Waals surface area contributed by atoms with Gasteiger partial charge in [0, 0.05) is 22.0 Å². The van der Waals surface area contributed by atoms with Gasteiger partial charge in [-0.05, 0) is 57.2 Å². The van der Waals surface area contributed by atoms with E-state index >= 15 is 0 Å². The zero-order valence-corrected chi connectivity index (χ0v) is 20.3. The van der Waals surface area contributed by atoms with Crippen LogP contribution in [0, 0.1) is 6.92 Å². The number of fused-ring (bicyclic) bond motifs is 2. The van der Waals surface area contributed by atoms with Crippen molar-refractivity contribution in [3.63, 3.8) is 0 Å². The first-order chi connectivity index (χ1) is 17.4. The third kappa shape index (κ3) is 4.66. The highest BCUT2D eigenvalue weighted by Crippen LogP contribution is 2.28. The number of esters is 1. The zero-order valence-electron chi connectivity index (χ0n) is 20.3. The largest absolute Gasteiger partial charge is 0.459 e. The van der Waals surface area contributed by atoms with Crippen molar-refractivity contribution in [3.05, 3.63) is 102 Å². The van der Waals surface area contributed by atoms with Gasteiger partial charge in [-0.15, -0.1) is 0 Å². The number of ether oxygens (including phenoxy) is 1. The summed E-state index contributed by atoms with van der Waals surface area (Å²) in [4.78, 5) is 35.5. The Balaban J connectivity index is 1.59. The molecule has 5 aromatic rings. The van der Waals surface area contributed by atoms with E-state index in [1.165, 1.54) is 0 Å². The first-order valence-corrected chi connectivity index (χ1v) is 11.8. The normalized spacial score (nSPS) is 11.1. The number of nitrogens with zero attached hydrogens (tertiary/aromatic N) is 2. The molecule has 0 unspecified atom stereocenters. The van der Waals surface area contributed by atoms with Gasteiger partial charge < -0.3 is 10.1 Å². The number of carbonyl (C=O) groups is 2. The molecule has 0 aliphatic rings. The highest BCUT2D eigenvalue weighted by molar-refractivity contribution is 6.15. The molecule has 0 saturated carbocycles. The lowest BCUT2D eigenvalue weighted by Crippen LogP contribution is -2.14. The molecule has 2 heterocycles. The van der Waals surface area contributed by atoms with Crippen molar-refractivity contribution in [2.75, 3.05) is 5.32 Å². The maximum Gasteiger partial charge on any atom is 0.338 e. The Morgan fingerprint density at radius 3 is 2.31 bits per heavy atom. The molecular formula is C30H25N3O3. The van der Waals surface area contributed by atoms with Gasteiger partial charge in [0.25, 0.3) is 5.91 Å². The van der Waals surface area contributed by atoms with Gasteiger partial charge in [-0.1, -0.05) is 48.5 Å². The molecule has 2 aromatic heterocycles. The van der Waals surface area contributed by atoms with Crippen LogP contribution in [0.1, 0.15) is 40.3 Å². The fraction of sp³-hybridized carbons (Fsp3) is 0.133. The Morgan fingerprint density at radius 1 is 0.806 bits per heavy atom. The van der Waals surface area contributed by atoms with Crippen molar-refractivity contribution in [1.82, 2.24) is 9.97 Å². The second kappa shape index (κ2) is 9.58. The Labute approximate surface area is 209 Å². The van der Waals surface area contributed by atoms with Crippen molar-refractivity contribution in [2.24, 2.45) is 0 Å². The average Bonchev–Trinajstić information content (AvgIpc) is 2.87. The summed E-state index contributed by atoms with van der Waals surface area (Å²) < 4.78 is 5.35. The molecule has 0 aliphatic heterocycles. The Bertz CT molecular complexity index is 1610. The maximum atomic E-state index is 13.7. The van der Waals surface area contributed by atoms with Gasteiger partial charge in [0.1, 0.15) is 0 Å². The number of carbonyl (C=O) groups excluding carboxylic acids is 2. The Kier molecular flexibility index (Phi) is 6.17. The average molecular weight is 476 g/mol. The zero-order chi connectivity index (χ0) is 25.2. The van der Waals surface area contributed by atoms with Crippen LogP contribution in [0.2, 0.25) is 0 Å². The van der Waals surface area contributed by atoms with Gasteiger partial charge in [0.05, 0.1) is 39.6 Å². The number of pyridine rings is 2. The molecule has 0 fully saturated rings. The van der Waals surface area contributed by atoms with E-state index in [-0.39, 0.29) is 12.0 Å². The number of aryl methyl sites for hydroxylation is 1. The number of rotatable bonds is 5. The molecule has 0 aliphatic carbocycles. The van der Waals surface area contributed by atoms with Gasteiger partial charge >= 0.3 is 5.97 Å². The lowest BCUT2D eigenvalue weighted by molar-refractivity contribution is 0.0378. The molecule has 0 atom stereocenters. The van der Waals surface area contributed by atoms with Gasteiger partial charge in [0.15, 0.2) is 0 Å². The Hall–Kier alpha value is -4.58. The lowest BCUT2D eigenvalue weighted by Gasteiger charge is -2.14. The van der Waals surface area contributed by atoms with E-state index in [1.54, 1.807) is 38.1 Å². The smallest absolute Gasteiger partial charge is 0.338 e. The number of anilines is 1. The second-order valence-corrected chi connectivity index (χ2v) is 8.89. The molecule has 178 valence electrons. The first kappa shape index (κ1) is 23.2. The van der Waals surface area contributed by atoms with Crippen LogP contribution < -0.4 is 5.32 Å². The molecule has 1 amide bonds. The molecule has 0 spiro atoms. The fourth-order valence-electron chi connectivity index (χ4n) is 4.18. The summed E-state index contributed by atoms with van der Waals surface area (Å²) in [6.45, 7) is 5.47. The van der Waals surface area contributed by atoms with E-state index in [9.17, 15) is 9.59 Å². The minimum Gasteiger partial charge on any atom is -0.459 e. The van der Waals surface area contributed by atoms with E-state index in [2.05, 4.69) is 10.3 Å². The minimum atomic E-state index is -0.419. The number of amides is 1. The van der Waals surface area contributed by atoms with Crippen molar-refractivity contribution in [1.29, 1.82) is 0 Å². The molecule has 5 rings (SSSR count). The molecule has 1 N–H and O–H groups in total. The fourth-order valence-corrected chi connectivity index (χ4v) is 4.18. The van der Waals surface area contributed by atoms with Crippen molar-refractivity contribution < 1.29 is 14.3 Å². The van der Waals surface area contributed by atoms with Crippen LogP contribution in [0.3, 0.4) is 0 Å². The molecule has 0 saturated heterocycles. The third-order valence-electron chi connectivity index (χ3n) is 5.79. The van der Waals surface area contributed by atoms with Crippen molar-refractivity contribution in [3.8, 4) is 11.3 Å². The van der Waals surface area contributed by atoms with E-state index < -0.39 is 5.97 Å². The van der Waals surface area contributed by atoms with E-state index in [0.717, 1.165) is 22.2 Å². The van der Waals surface area contributed by atoms with Crippen molar-refractivity contribution >= 4 is 39.4 Å². The highest BCUT2D eigenvalue weighted by atomic mass is 16.5. The number of hydrogen-bond donors (Lipinski definition) is 1. The number of aromatic nitrogens is 2. The Morgan fingerprint density at radius 2 is 1.53 bits per heavy atom. The van der Waals surface area contributed by atoms with E-state index in [0.29, 0.717) is 33.4 Å².